The molecule has 0 aliphatic rings. The molecule has 4 nitrogen and oxygen atoms in total. The molecule has 0 unspecified atom stereocenters. The summed E-state index contributed by atoms with van der Waals surface area (Å²) in [5.41, 5.74) is 1.75. The summed E-state index contributed by atoms with van der Waals surface area (Å²) in [6.07, 6.45) is 1.45. The molecule has 0 fully saturated rings. The van der Waals surface area contributed by atoms with Gasteiger partial charge in [-0.2, -0.15) is 0 Å². The van der Waals surface area contributed by atoms with Gasteiger partial charge in [0.25, 0.3) is 0 Å². The molecule has 2 aromatic rings. The molecule has 0 saturated carbocycles. The normalized spacial score (nSPS) is 10.4. The molecule has 0 spiro atoms. The lowest BCUT2D eigenvalue weighted by Gasteiger charge is -2.06. The molecule has 1 heterocycles. The standard InChI is InChI=1S/C12H8Br2N2O2/c1-6-4-7(13)2-3-8(6)11-15-5-9(14)10(16-11)12(17)18/h2-5H,1H3,(H,17,18). The zero-order valence-corrected chi connectivity index (χ0v) is 12.5. The monoisotopic (exact) mass is 370 g/mol. The fourth-order valence-corrected chi connectivity index (χ4v) is 2.36. The summed E-state index contributed by atoms with van der Waals surface area (Å²) >= 11 is 6.50. The van der Waals surface area contributed by atoms with Crippen LogP contribution in [0.25, 0.3) is 11.4 Å². The van der Waals surface area contributed by atoms with E-state index in [9.17, 15) is 4.79 Å². The lowest BCUT2D eigenvalue weighted by atomic mass is 10.1. The number of halogens is 2. The lowest BCUT2D eigenvalue weighted by Crippen LogP contribution is -2.04. The van der Waals surface area contributed by atoms with Gasteiger partial charge in [-0.25, -0.2) is 14.8 Å². The molecule has 0 aliphatic heterocycles. The molecule has 1 aromatic carbocycles. The van der Waals surface area contributed by atoms with E-state index in [1.165, 1.54) is 6.20 Å². The molecule has 0 bridgehead atoms. The number of aromatic carboxylic acids is 1. The second-order valence-electron chi connectivity index (χ2n) is 3.65. The van der Waals surface area contributed by atoms with Crippen LogP contribution in [0.15, 0.2) is 33.3 Å². The molecule has 18 heavy (non-hydrogen) atoms. The van der Waals surface area contributed by atoms with Gasteiger partial charge in [0.05, 0.1) is 4.47 Å². The van der Waals surface area contributed by atoms with Gasteiger partial charge in [-0.05, 0) is 46.6 Å². The maximum atomic E-state index is 11.0. The van der Waals surface area contributed by atoms with E-state index in [0.717, 1.165) is 15.6 Å². The minimum atomic E-state index is -1.08. The van der Waals surface area contributed by atoms with Crippen molar-refractivity contribution in [2.24, 2.45) is 0 Å². The van der Waals surface area contributed by atoms with E-state index in [-0.39, 0.29) is 5.69 Å². The number of carbonyl (C=O) groups is 1. The SMILES string of the molecule is Cc1cc(Br)ccc1-c1ncc(Br)c(C(=O)O)n1. The quantitative estimate of drug-likeness (QED) is 0.874. The molecule has 0 radical (unpaired) electrons. The van der Waals surface area contributed by atoms with E-state index in [0.29, 0.717) is 10.3 Å². The van der Waals surface area contributed by atoms with Gasteiger partial charge in [-0.3, -0.25) is 0 Å². The topological polar surface area (TPSA) is 63.1 Å². The second-order valence-corrected chi connectivity index (χ2v) is 5.42. The summed E-state index contributed by atoms with van der Waals surface area (Å²) in [5.74, 6) is -0.680. The Morgan fingerprint density at radius 2 is 2.06 bits per heavy atom. The average molecular weight is 372 g/mol. The molecule has 1 N–H and O–H groups in total. The zero-order valence-electron chi connectivity index (χ0n) is 9.32. The highest BCUT2D eigenvalue weighted by atomic mass is 79.9. The Morgan fingerprint density at radius 1 is 1.33 bits per heavy atom. The van der Waals surface area contributed by atoms with Crippen LogP contribution in [0, 0.1) is 6.92 Å². The predicted molar refractivity (Wildman–Crippen MR) is 74.6 cm³/mol. The Hall–Kier alpha value is -1.27. The molecule has 1 aromatic heterocycles. The smallest absolute Gasteiger partial charge is 0.355 e. The molecular weight excluding hydrogens is 364 g/mol. The number of carboxylic acids is 1. The molecule has 0 saturated heterocycles. The van der Waals surface area contributed by atoms with Gasteiger partial charge >= 0.3 is 5.97 Å². The summed E-state index contributed by atoms with van der Waals surface area (Å²) in [6.45, 7) is 1.92. The summed E-state index contributed by atoms with van der Waals surface area (Å²) in [5, 5.41) is 9.02. The van der Waals surface area contributed by atoms with Gasteiger partial charge in [-0.1, -0.05) is 15.9 Å². The third-order valence-corrected chi connectivity index (χ3v) is 3.45. The summed E-state index contributed by atoms with van der Waals surface area (Å²) in [4.78, 5) is 19.2. The van der Waals surface area contributed by atoms with Crippen LogP contribution in [-0.4, -0.2) is 21.0 Å². The highest BCUT2D eigenvalue weighted by molar-refractivity contribution is 9.10. The first-order valence-corrected chi connectivity index (χ1v) is 6.60. The van der Waals surface area contributed by atoms with Crippen LogP contribution >= 0.6 is 31.9 Å². The molecular formula is C12H8Br2N2O2. The van der Waals surface area contributed by atoms with E-state index in [1.807, 2.05) is 25.1 Å². The van der Waals surface area contributed by atoms with Gasteiger partial charge in [0.1, 0.15) is 0 Å². The Bertz CT molecular complexity index is 629. The number of benzene rings is 1. The van der Waals surface area contributed by atoms with Crippen molar-refractivity contribution in [1.82, 2.24) is 9.97 Å². The number of carboxylic acid groups (broad SMARTS) is 1. The molecule has 92 valence electrons. The predicted octanol–water partition coefficient (Wildman–Crippen LogP) is 3.68. The summed E-state index contributed by atoms with van der Waals surface area (Å²) < 4.78 is 1.33. The Morgan fingerprint density at radius 3 is 2.67 bits per heavy atom. The van der Waals surface area contributed by atoms with E-state index >= 15 is 0 Å². The molecule has 6 heteroatoms. The third kappa shape index (κ3) is 2.59. The van der Waals surface area contributed by atoms with Crippen LogP contribution in [0.3, 0.4) is 0 Å². The first-order valence-electron chi connectivity index (χ1n) is 5.01. The van der Waals surface area contributed by atoms with E-state index in [1.54, 1.807) is 0 Å². The van der Waals surface area contributed by atoms with Crippen LogP contribution in [0.4, 0.5) is 0 Å². The molecule has 2 rings (SSSR count). The number of hydrogen-bond donors (Lipinski definition) is 1. The fourth-order valence-electron chi connectivity index (χ4n) is 1.52. The van der Waals surface area contributed by atoms with Crippen molar-refractivity contribution in [2.45, 2.75) is 6.92 Å². The van der Waals surface area contributed by atoms with Gasteiger partial charge in [0.15, 0.2) is 11.5 Å². The Balaban J connectivity index is 2.58. The van der Waals surface area contributed by atoms with Gasteiger partial charge in [0.2, 0.25) is 0 Å². The van der Waals surface area contributed by atoms with E-state index in [2.05, 4.69) is 41.8 Å². The Kier molecular flexibility index (Phi) is 3.77. The van der Waals surface area contributed by atoms with E-state index < -0.39 is 5.97 Å². The van der Waals surface area contributed by atoms with Crippen LogP contribution in [0.2, 0.25) is 0 Å². The average Bonchev–Trinajstić information content (AvgIpc) is 2.30. The number of rotatable bonds is 2. The largest absolute Gasteiger partial charge is 0.476 e. The first kappa shape index (κ1) is 13.2. The third-order valence-electron chi connectivity index (χ3n) is 2.38. The van der Waals surface area contributed by atoms with Crippen molar-refractivity contribution in [3.05, 3.63) is 44.6 Å². The van der Waals surface area contributed by atoms with Crippen molar-refractivity contribution in [1.29, 1.82) is 0 Å². The highest BCUT2D eigenvalue weighted by Gasteiger charge is 2.14. The first-order chi connectivity index (χ1) is 8.49. The Labute approximate surface area is 120 Å². The van der Waals surface area contributed by atoms with E-state index in [4.69, 9.17) is 5.11 Å². The number of hydrogen-bond acceptors (Lipinski definition) is 3. The minimum absolute atomic E-state index is 0.0395. The van der Waals surface area contributed by atoms with Crippen LogP contribution < -0.4 is 0 Å². The molecule has 0 amide bonds. The zero-order chi connectivity index (χ0) is 13.3. The van der Waals surface area contributed by atoms with Crippen LogP contribution in [-0.2, 0) is 0 Å². The van der Waals surface area contributed by atoms with Crippen molar-refractivity contribution in [3.8, 4) is 11.4 Å². The summed E-state index contributed by atoms with van der Waals surface area (Å²) in [7, 11) is 0. The number of aryl methyl sites for hydroxylation is 1. The van der Waals surface area contributed by atoms with Gasteiger partial charge < -0.3 is 5.11 Å². The molecule has 0 aliphatic carbocycles. The fraction of sp³-hybridized carbons (Fsp3) is 0.0833. The van der Waals surface area contributed by atoms with Gasteiger partial charge in [0, 0.05) is 16.2 Å². The number of nitrogens with zero attached hydrogens (tertiary/aromatic N) is 2. The second kappa shape index (κ2) is 5.16. The number of aromatic nitrogens is 2. The minimum Gasteiger partial charge on any atom is -0.476 e. The van der Waals surface area contributed by atoms with Crippen LogP contribution in [0.5, 0.6) is 0 Å². The maximum absolute atomic E-state index is 11.0. The summed E-state index contributed by atoms with van der Waals surface area (Å²) in [6, 6.07) is 5.66. The van der Waals surface area contributed by atoms with Gasteiger partial charge in [-0.15, -0.1) is 0 Å². The van der Waals surface area contributed by atoms with Crippen LogP contribution in [0.1, 0.15) is 16.1 Å². The lowest BCUT2D eigenvalue weighted by molar-refractivity contribution is 0.0689. The molecule has 0 atom stereocenters. The van der Waals surface area contributed by atoms with Crippen molar-refractivity contribution in [3.63, 3.8) is 0 Å². The highest BCUT2D eigenvalue weighted by Crippen LogP contribution is 2.25. The van der Waals surface area contributed by atoms with Crippen molar-refractivity contribution < 1.29 is 9.90 Å². The van der Waals surface area contributed by atoms with Crippen molar-refractivity contribution >= 4 is 37.8 Å². The maximum Gasteiger partial charge on any atom is 0.355 e. The van der Waals surface area contributed by atoms with Crippen molar-refractivity contribution in [2.75, 3.05) is 0 Å².